The molecule has 0 heterocycles. The zero-order valence-electron chi connectivity index (χ0n) is 13.2. The number of hydrogen-bond acceptors (Lipinski definition) is 2. The van der Waals surface area contributed by atoms with Crippen LogP contribution in [0.2, 0.25) is 0 Å². The van der Waals surface area contributed by atoms with E-state index < -0.39 is 0 Å². The summed E-state index contributed by atoms with van der Waals surface area (Å²) >= 11 is 0. The number of benzene rings is 1. The van der Waals surface area contributed by atoms with Crippen LogP contribution in [0.25, 0.3) is 0 Å². The molecule has 1 aliphatic carbocycles. The minimum absolute atomic E-state index is 0.209. The molecule has 1 aromatic carbocycles. The van der Waals surface area contributed by atoms with E-state index in [2.05, 4.69) is 50.4 Å². The molecule has 0 aromatic heterocycles. The summed E-state index contributed by atoms with van der Waals surface area (Å²) in [6.45, 7) is 8.40. The maximum atomic E-state index is 5.80. The molecule has 20 heavy (non-hydrogen) atoms. The molecule has 0 spiro atoms. The van der Waals surface area contributed by atoms with Crippen LogP contribution in [0.3, 0.4) is 0 Å². The second-order valence-electron chi connectivity index (χ2n) is 6.91. The number of ether oxygens (including phenoxy) is 1. The van der Waals surface area contributed by atoms with Gasteiger partial charge in [-0.2, -0.15) is 0 Å². The molecule has 1 N–H and O–H groups in total. The van der Waals surface area contributed by atoms with E-state index in [-0.39, 0.29) is 5.41 Å². The Balaban J connectivity index is 1.68. The summed E-state index contributed by atoms with van der Waals surface area (Å²) < 4.78 is 5.80. The van der Waals surface area contributed by atoms with Crippen molar-refractivity contribution in [2.24, 2.45) is 0 Å². The van der Waals surface area contributed by atoms with Crippen LogP contribution in [-0.4, -0.2) is 19.2 Å². The van der Waals surface area contributed by atoms with Gasteiger partial charge in [0.2, 0.25) is 0 Å². The third kappa shape index (κ3) is 4.82. The Hall–Kier alpha value is -1.02. The Labute approximate surface area is 123 Å². The topological polar surface area (TPSA) is 21.3 Å². The Morgan fingerprint density at radius 2 is 1.70 bits per heavy atom. The van der Waals surface area contributed by atoms with Crippen molar-refractivity contribution in [1.82, 2.24) is 5.32 Å². The van der Waals surface area contributed by atoms with Gasteiger partial charge >= 0.3 is 0 Å². The highest BCUT2D eigenvalue weighted by Crippen LogP contribution is 2.24. The zero-order valence-corrected chi connectivity index (χ0v) is 13.2. The Kier molecular flexibility index (Phi) is 5.47. The lowest BCUT2D eigenvalue weighted by molar-refractivity contribution is 0.289. The molecule has 0 bridgehead atoms. The Morgan fingerprint density at radius 3 is 2.30 bits per heavy atom. The van der Waals surface area contributed by atoms with Gasteiger partial charge in [-0.05, 0) is 36.0 Å². The predicted octanol–water partition coefficient (Wildman–Crippen LogP) is 4.29. The van der Waals surface area contributed by atoms with Crippen LogP contribution in [0.1, 0.15) is 58.4 Å². The summed E-state index contributed by atoms with van der Waals surface area (Å²) in [5, 5.41) is 3.60. The second-order valence-corrected chi connectivity index (χ2v) is 6.91. The third-order valence-corrected chi connectivity index (χ3v) is 4.13. The highest BCUT2D eigenvalue weighted by atomic mass is 16.5. The lowest BCUT2D eigenvalue weighted by atomic mass is 9.87. The molecule has 0 unspecified atom stereocenters. The molecule has 112 valence electrons. The fraction of sp³-hybridized carbons (Fsp3) is 0.667. The molecule has 0 atom stereocenters. The third-order valence-electron chi connectivity index (χ3n) is 4.13. The molecule has 1 aliphatic rings. The van der Waals surface area contributed by atoms with E-state index in [1.54, 1.807) is 0 Å². The summed E-state index contributed by atoms with van der Waals surface area (Å²) in [5.41, 5.74) is 1.56. The molecule has 2 rings (SSSR count). The van der Waals surface area contributed by atoms with Crippen molar-refractivity contribution in [2.75, 3.05) is 13.2 Å². The van der Waals surface area contributed by atoms with E-state index in [0.29, 0.717) is 0 Å². The van der Waals surface area contributed by atoms with Gasteiger partial charge in [0.1, 0.15) is 12.4 Å². The SMILES string of the molecule is CC(C)(C)c1ccc(OCCNC2CCCCC2)cc1. The van der Waals surface area contributed by atoms with Crippen molar-refractivity contribution >= 4 is 0 Å². The van der Waals surface area contributed by atoms with Crippen LogP contribution in [0.5, 0.6) is 5.75 Å². The molecular weight excluding hydrogens is 246 g/mol. The van der Waals surface area contributed by atoms with Gasteiger partial charge in [-0.15, -0.1) is 0 Å². The Bertz CT molecular complexity index is 385. The van der Waals surface area contributed by atoms with Crippen LogP contribution in [0.4, 0.5) is 0 Å². The lowest BCUT2D eigenvalue weighted by Crippen LogP contribution is -2.34. The first kappa shape index (κ1) is 15.4. The van der Waals surface area contributed by atoms with Gasteiger partial charge in [0, 0.05) is 12.6 Å². The Morgan fingerprint density at radius 1 is 1.05 bits per heavy atom. The summed E-state index contributed by atoms with van der Waals surface area (Å²) in [5.74, 6) is 0.975. The molecule has 1 saturated carbocycles. The van der Waals surface area contributed by atoms with Crippen LogP contribution in [-0.2, 0) is 5.41 Å². The monoisotopic (exact) mass is 275 g/mol. The van der Waals surface area contributed by atoms with E-state index in [1.165, 1.54) is 37.7 Å². The van der Waals surface area contributed by atoms with Crippen LogP contribution >= 0.6 is 0 Å². The average Bonchev–Trinajstić information content (AvgIpc) is 2.44. The minimum atomic E-state index is 0.209. The molecule has 2 nitrogen and oxygen atoms in total. The summed E-state index contributed by atoms with van der Waals surface area (Å²) in [6.07, 6.45) is 6.84. The fourth-order valence-corrected chi connectivity index (χ4v) is 2.79. The first-order valence-electron chi connectivity index (χ1n) is 8.02. The van der Waals surface area contributed by atoms with E-state index in [4.69, 9.17) is 4.74 Å². The van der Waals surface area contributed by atoms with Gasteiger partial charge in [0.15, 0.2) is 0 Å². The fourth-order valence-electron chi connectivity index (χ4n) is 2.79. The molecule has 0 saturated heterocycles. The van der Waals surface area contributed by atoms with Crippen LogP contribution < -0.4 is 10.1 Å². The van der Waals surface area contributed by atoms with E-state index in [0.717, 1.165) is 24.9 Å². The van der Waals surface area contributed by atoms with Gasteiger partial charge in [-0.1, -0.05) is 52.2 Å². The number of rotatable bonds is 5. The van der Waals surface area contributed by atoms with Crippen molar-refractivity contribution in [1.29, 1.82) is 0 Å². The van der Waals surface area contributed by atoms with Crippen LogP contribution in [0.15, 0.2) is 24.3 Å². The first-order chi connectivity index (χ1) is 9.55. The number of nitrogens with one attached hydrogen (secondary N) is 1. The highest BCUT2D eigenvalue weighted by Gasteiger charge is 2.13. The smallest absolute Gasteiger partial charge is 0.119 e. The van der Waals surface area contributed by atoms with Crippen molar-refractivity contribution in [2.45, 2.75) is 64.3 Å². The van der Waals surface area contributed by atoms with Gasteiger partial charge in [-0.25, -0.2) is 0 Å². The lowest BCUT2D eigenvalue weighted by Gasteiger charge is -2.23. The van der Waals surface area contributed by atoms with Crippen molar-refractivity contribution in [3.05, 3.63) is 29.8 Å². The maximum absolute atomic E-state index is 5.80. The molecule has 0 aliphatic heterocycles. The normalized spacial score (nSPS) is 17.1. The van der Waals surface area contributed by atoms with E-state index in [1.807, 2.05) is 0 Å². The quantitative estimate of drug-likeness (QED) is 0.810. The average molecular weight is 275 g/mol. The molecule has 1 fully saturated rings. The largest absolute Gasteiger partial charge is 0.492 e. The molecule has 2 heteroatoms. The van der Waals surface area contributed by atoms with Gasteiger partial charge in [0.25, 0.3) is 0 Å². The minimum Gasteiger partial charge on any atom is -0.492 e. The summed E-state index contributed by atoms with van der Waals surface area (Å²) in [4.78, 5) is 0. The zero-order chi connectivity index (χ0) is 14.4. The van der Waals surface area contributed by atoms with Crippen molar-refractivity contribution < 1.29 is 4.74 Å². The maximum Gasteiger partial charge on any atom is 0.119 e. The van der Waals surface area contributed by atoms with E-state index in [9.17, 15) is 0 Å². The highest BCUT2D eigenvalue weighted by molar-refractivity contribution is 5.31. The predicted molar refractivity (Wildman–Crippen MR) is 85.5 cm³/mol. The van der Waals surface area contributed by atoms with Gasteiger partial charge in [0.05, 0.1) is 0 Å². The molecule has 0 amide bonds. The molecule has 0 radical (unpaired) electrons. The first-order valence-corrected chi connectivity index (χ1v) is 8.02. The summed E-state index contributed by atoms with van der Waals surface area (Å²) in [6, 6.07) is 9.23. The number of hydrogen-bond donors (Lipinski definition) is 1. The molecule has 1 aromatic rings. The van der Waals surface area contributed by atoms with E-state index >= 15 is 0 Å². The van der Waals surface area contributed by atoms with Gasteiger partial charge in [-0.3, -0.25) is 0 Å². The van der Waals surface area contributed by atoms with Crippen molar-refractivity contribution in [3.8, 4) is 5.75 Å². The van der Waals surface area contributed by atoms with Gasteiger partial charge < -0.3 is 10.1 Å². The molecular formula is C18H29NO. The van der Waals surface area contributed by atoms with Crippen molar-refractivity contribution in [3.63, 3.8) is 0 Å². The second kappa shape index (κ2) is 7.12. The standard InChI is InChI=1S/C18H29NO/c1-18(2,3)15-9-11-17(12-10-15)20-14-13-19-16-7-5-4-6-8-16/h9-12,16,19H,4-8,13-14H2,1-3H3. The summed E-state index contributed by atoms with van der Waals surface area (Å²) in [7, 11) is 0. The van der Waals surface area contributed by atoms with Crippen LogP contribution in [0, 0.1) is 0 Å².